The molecule has 1 aromatic heterocycles. The Bertz CT molecular complexity index is 466. The summed E-state index contributed by atoms with van der Waals surface area (Å²) < 4.78 is 1.62. The molecule has 0 saturated heterocycles. The minimum atomic E-state index is -1.01. The molecule has 0 aliphatic carbocycles. The standard InChI is InChI=1S/C13H21N3O3/c1-5-10-7-11(16(6-2)14-10)13(19)15(9(3)4)8-12(17)18/h7,9H,5-6,8H2,1-4H3,(H,17,18). The number of amides is 1. The molecule has 1 aromatic rings. The SMILES string of the molecule is CCc1cc(C(=O)N(CC(=O)O)C(C)C)n(CC)n1. The van der Waals surface area contributed by atoms with Crippen LogP contribution in [0.5, 0.6) is 0 Å². The first-order valence-electron chi connectivity index (χ1n) is 6.50. The Kier molecular flexibility index (Phi) is 5.09. The fourth-order valence-corrected chi connectivity index (χ4v) is 1.84. The second kappa shape index (κ2) is 6.36. The monoisotopic (exact) mass is 267 g/mol. The predicted octanol–water partition coefficient (Wildman–Crippen LogP) is 1.40. The normalized spacial score (nSPS) is 10.8. The Labute approximate surface area is 113 Å². The Hall–Kier alpha value is -1.85. The topological polar surface area (TPSA) is 75.4 Å². The first-order valence-corrected chi connectivity index (χ1v) is 6.50. The molecule has 1 rings (SSSR count). The van der Waals surface area contributed by atoms with Crippen LogP contribution in [0.25, 0.3) is 0 Å². The van der Waals surface area contributed by atoms with Gasteiger partial charge in [-0.15, -0.1) is 0 Å². The molecule has 0 saturated carbocycles. The first-order chi connectivity index (χ1) is 8.90. The molecule has 0 bridgehead atoms. The zero-order valence-corrected chi connectivity index (χ0v) is 11.9. The molecule has 19 heavy (non-hydrogen) atoms. The number of carbonyl (C=O) groups is 2. The van der Waals surface area contributed by atoms with Gasteiger partial charge in [-0.2, -0.15) is 5.10 Å². The molecule has 0 unspecified atom stereocenters. The van der Waals surface area contributed by atoms with Crippen LogP contribution in [0.4, 0.5) is 0 Å². The molecule has 1 heterocycles. The van der Waals surface area contributed by atoms with Gasteiger partial charge in [0.25, 0.3) is 5.91 Å². The van der Waals surface area contributed by atoms with Crippen molar-refractivity contribution in [1.29, 1.82) is 0 Å². The predicted molar refractivity (Wildman–Crippen MR) is 71.1 cm³/mol. The highest BCUT2D eigenvalue weighted by Crippen LogP contribution is 2.11. The van der Waals surface area contributed by atoms with Gasteiger partial charge in [0, 0.05) is 12.6 Å². The lowest BCUT2D eigenvalue weighted by molar-refractivity contribution is -0.138. The number of carboxylic acids is 1. The second-order valence-electron chi connectivity index (χ2n) is 4.61. The summed E-state index contributed by atoms with van der Waals surface area (Å²) in [4.78, 5) is 24.6. The number of aromatic nitrogens is 2. The van der Waals surface area contributed by atoms with Crippen molar-refractivity contribution in [2.24, 2.45) is 0 Å². The maximum absolute atomic E-state index is 12.4. The molecule has 0 atom stereocenters. The molecule has 0 aliphatic heterocycles. The van der Waals surface area contributed by atoms with E-state index < -0.39 is 5.97 Å². The third-order valence-electron chi connectivity index (χ3n) is 2.90. The zero-order valence-electron chi connectivity index (χ0n) is 11.9. The number of carbonyl (C=O) groups excluding carboxylic acids is 1. The van der Waals surface area contributed by atoms with E-state index in [9.17, 15) is 9.59 Å². The van der Waals surface area contributed by atoms with Crippen LogP contribution in [0, 0.1) is 0 Å². The molecule has 1 amide bonds. The van der Waals surface area contributed by atoms with Gasteiger partial charge in [0.05, 0.1) is 5.69 Å². The van der Waals surface area contributed by atoms with Crippen LogP contribution in [-0.2, 0) is 17.8 Å². The van der Waals surface area contributed by atoms with Crippen molar-refractivity contribution < 1.29 is 14.7 Å². The Morgan fingerprint density at radius 2 is 2.05 bits per heavy atom. The minimum absolute atomic E-state index is 0.172. The number of nitrogens with zero attached hydrogens (tertiary/aromatic N) is 3. The number of rotatable bonds is 6. The van der Waals surface area contributed by atoms with Crippen molar-refractivity contribution >= 4 is 11.9 Å². The Morgan fingerprint density at radius 1 is 1.42 bits per heavy atom. The van der Waals surface area contributed by atoms with E-state index in [2.05, 4.69) is 5.10 Å². The molecule has 1 N–H and O–H groups in total. The zero-order chi connectivity index (χ0) is 14.6. The summed E-state index contributed by atoms with van der Waals surface area (Å²) in [6.45, 7) is 7.75. The number of aliphatic carboxylic acids is 1. The van der Waals surface area contributed by atoms with E-state index in [1.165, 1.54) is 4.90 Å². The van der Waals surface area contributed by atoms with Gasteiger partial charge >= 0.3 is 5.97 Å². The van der Waals surface area contributed by atoms with E-state index in [1.54, 1.807) is 24.6 Å². The van der Waals surface area contributed by atoms with E-state index in [0.29, 0.717) is 12.2 Å². The summed E-state index contributed by atoms with van der Waals surface area (Å²) in [5.74, 6) is -1.30. The largest absolute Gasteiger partial charge is 0.480 e. The van der Waals surface area contributed by atoms with Crippen molar-refractivity contribution in [1.82, 2.24) is 14.7 Å². The summed E-state index contributed by atoms with van der Waals surface area (Å²) in [6.07, 6.45) is 0.744. The van der Waals surface area contributed by atoms with Crippen LogP contribution < -0.4 is 0 Å². The fourth-order valence-electron chi connectivity index (χ4n) is 1.84. The van der Waals surface area contributed by atoms with Crippen molar-refractivity contribution in [3.63, 3.8) is 0 Å². The van der Waals surface area contributed by atoms with Crippen molar-refractivity contribution in [3.05, 3.63) is 17.5 Å². The van der Waals surface area contributed by atoms with Gasteiger partial charge in [-0.1, -0.05) is 6.92 Å². The third kappa shape index (κ3) is 3.56. The lowest BCUT2D eigenvalue weighted by Gasteiger charge is -2.24. The third-order valence-corrected chi connectivity index (χ3v) is 2.90. The van der Waals surface area contributed by atoms with Gasteiger partial charge in [0.2, 0.25) is 0 Å². The van der Waals surface area contributed by atoms with Crippen molar-refractivity contribution in [2.45, 2.75) is 46.7 Å². The first kappa shape index (κ1) is 15.2. The van der Waals surface area contributed by atoms with Crippen LogP contribution in [0.3, 0.4) is 0 Å². The Morgan fingerprint density at radius 3 is 2.47 bits per heavy atom. The molecular formula is C13H21N3O3. The van der Waals surface area contributed by atoms with E-state index in [-0.39, 0.29) is 18.5 Å². The summed E-state index contributed by atoms with van der Waals surface area (Å²) in [7, 11) is 0. The molecular weight excluding hydrogens is 246 g/mol. The van der Waals surface area contributed by atoms with E-state index >= 15 is 0 Å². The summed E-state index contributed by atoms with van der Waals surface area (Å²) in [5.41, 5.74) is 1.29. The number of hydrogen-bond donors (Lipinski definition) is 1. The summed E-state index contributed by atoms with van der Waals surface area (Å²) in [6, 6.07) is 1.57. The molecule has 6 nitrogen and oxygen atoms in total. The van der Waals surface area contributed by atoms with Gasteiger partial charge < -0.3 is 10.0 Å². The molecule has 106 valence electrons. The molecule has 0 spiro atoms. The highest BCUT2D eigenvalue weighted by molar-refractivity contribution is 5.94. The molecule has 0 fully saturated rings. The minimum Gasteiger partial charge on any atom is -0.480 e. The lowest BCUT2D eigenvalue weighted by Crippen LogP contribution is -2.41. The highest BCUT2D eigenvalue weighted by Gasteiger charge is 2.24. The number of carboxylic acid groups (broad SMARTS) is 1. The average molecular weight is 267 g/mol. The summed E-state index contributed by atoms with van der Waals surface area (Å²) >= 11 is 0. The van der Waals surface area contributed by atoms with Gasteiger partial charge in [-0.05, 0) is 33.3 Å². The van der Waals surface area contributed by atoms with E-state index in [1.807, 2.05) is 13.8 Å². The number of hydrogen-bond acceptors (Lipinski definition) is 3. The maximum Gasteiger partial charge on any atom is 0.323 e. The van der Waals surface area contributed by atoms with Crippen molar-refractivity contribution in [2.75, 3.05) is 6.54 Å². The fraction of sp³-hybridized carbons (Fsp3) is 0.615. The molecule has 0 aromatic carbocycles. The smallest absolute Gasteiger partial charge is 0.323 e. The molecule has 0 radical (unpaired) electrons. The molecule has 6 heteroatoms. The second-order valence-corrected chi connectivity index (χ2v) is 4.61. The lowest BCUT2D eigenvalue weighted by atomic mass is 10.2. The van der Waals surface area contributed by atoms with Crippen LogP contribution in [0.15, 0.2) is 6.07 Å². The molecule has 0 aliphatic rings. The van der Waals surface area contributed by atoms with Crippen LogP contribution in [0.2, 0.25) is 0 Å². The highest BCUT2D eigenvalue weighted by atomic mass is 16.4. The summed E-state index contributed by atoms with van der Waals surface area (Å²) in [5, 5.41) is 13.2. The van der Waals surface area contributed by atoms with Crippen LogP contribution in [-0.4, -0.2) is 44.3 Å². The van der Waals surface area contributed by atoms with Crippen LogP contribution >= 0.6 is 0 Å². The van der Waals surface area contributed by atoms with Gasteiger partial charge in [0.1, 0.15) is 12.2 Å². The van der Waals surface area contributed by atoms with E-state index in [0.717, 1.165) is 12.1 Å². The van der Waals surface area contributed by atoms with E-state index in [4.69, 9.17) is 5.11 Å². The van der Waals surface area contributed by atoms with Gasteiger partial charge in [0.15, 0.2) is 0 Å². The number of aryl methyl sites for hydroxylation is 2. The Balaban J connectivity index is 3.08. The van der Waals surface area contributed by atoms with Gasteiger partial charge in [-0.3, -0.25) is 14.3 Å². The quantitative estimate of drug-likeness (QED) is 0.845. The average Bonchev–Trinajstić information content (AvgIpc) is 2.77. The van der Waals surface area contributed by atoms with Gasteiger partial charge in [-0.25, -0.2) is 0 Å². The van der Waals surface area contributed by atoms with Crippen molar-refractivity contribution in [3.8, 4) is 0 Å². The van der Waals surface area contributed by atoms with Crippen LogP contribution in [0.1, 0.15) is 43.9 Å². The maximum atomic E-state index is 12.4.